The molecule has 1 aliphatic heterocycles. The molecule has 3 atom stereocenters. The van der Waals surface area contributed by atoms with Gasteiger partial charge in [-0.1, -0.05) is 12.1 Å². The first-order chi connectivity index (χ1) is 18.2. The van der Waals surface area contributed by atoms with Crippen LogP contribution in [0.25, 0.3) is 0 Å². The molecule has 0 saturated carbocycles. The third-order valence-corrected chi connectivity index (χ3v) is 5.59. The van der Waals surface area contributed by atoms with Gasteiger partial charge in [-0.15, -0.1) is 0 Å². The van der Waals surface area contributed by atoms with Gasteiger partial charge in [0.2, 0.25) is 0 Å². The van der Waals surface area contributed by atoms with Crippen LogP contribution in [-0.2, 0) is 28.4 Å². The second kappa shape index (κ2) is 10.3. The molecule has 0 amide bonds. The Kier molecular flexibility index (Phi) is 6.69. The molecule has 0 unspecified atom stereocenters. The lowest BCUT2D eigenvalue weighted by Gasteiger charge is -2.41. The minimum atomic E-state index is -5.17. The summed E-state index contributed by atoms with van der Waals surface area (Å²) in [6.07, 6.45) is -14.6. The second-order valence-corrected chi connectivity index (χ2v) is 8.17. The summed E-state index contributed by atoms with van der Waals surface area (Å²) in [7, 11) is 0. The van der Waals surface area contributed by atoms with E-state index in [9.17, 15) is 35.5 Å². The third-order valence-electron chi connectivity index (χ3n) is 5.59. The van der Waals surface area contributed by atoms with Gasteiger partial charge in [0.25, 0.3) is 0 Å². The molecule has 37 heavy (non-hydrogen) atoms. The van der Waals surface area contributed by atoms with E-state index in [1.807, 2.05) is 0 Å². The van der Waals surface area contributed by atoms with Crippen LogP contribution in [0.3, 0.4) is 0 Å². The lowest BCUT2D eigenvalue weighted by atomic mass is 10.0. The summed E-state index contributed by atoms with van der Waals surface area (Å²) < 4.78 is 122. The van der Waals surface area contributed by atoms with Crippen LogP contribution in [0.15, 0.2) is 47.3 Å². The van der Waals surface area contributed by atoms with E-state index < -0.39 is 65.9 Å². The second-order valence-electron chi connectivity index (χ2n) is 8.17. The number of alkyl halides is 6. The van der Waals surface area contributed by atoms with E-state index in [1.165, 1.54) is 12.1 Å². The fraction of sp³-hybridized carbons (Fsp3) is 0.391. The van der Waals surface area contributed by atoms with Crippen molar-refractivity contribution in [1.82, 2.24) is 20.1 Å². The zero-order valence-corrected chi connectivity index (χ0v) is 18.8. The molecule has 1 aromatic heterocycles. The molecule has 2 heterocycles. The van der Waals surface area contributed by atoms with Crippen molar-refractivity contribution in [3.05, 3.63) is 86.8 Å². The number of aromatic amines is 2. The van der Waals surface area contributed by atoms with Gasteiger partial charge in [0.1, 0.15) is 11.6 Å². The monoisotopic (exact) mass is 538 g/mol. The summed E-state index contributed by atoms with van der Waals surface area (Å²) in [6.45, 7) is -0.960. The SMILES string of the molecule is [2H]C[C@@]([2H])(O[C@H]1OCCN([13CH2][13c]2n[nH]c(=O)[nH]2)[C@H]1c1ccc(F)cc1)c1cc(C(F)(F)F)cc(C(F)(F)F)c1. The summed E-state index contributed by atoms with van der Waals surface area (Å²) in [5, 5.41) is 6.02. The molecule has 0 radical (unpaired) electrons. The van der Waals surface area contributed by atoms with Gasteiger partial charge in [0.05, 0.1) is 37.8 Å². The molecule has 2 N–H and O–H groups in total. The van der Waals surface area contributed by atoms with Crippen LogP contribution in [0.4, 0.5) is 30.7 Å². The quantitative estimate of drug-likeness (QED) is 0.343. The number of nitrogens with zero attached hydrogens (tertiary/aromatic N) is 2. The maximum atomic E-state index is 13.6. The number of hydrogen-bond donors (Lipinski definition) is 2. The number of halogens is 7. The molecule has 1 fully saturated rings. The van der Waals surface area contributed by atoms with Crippen molar-refractivity contribution in [2.24, 2.45) is 0 Å². The van der Waals surface area contributed by atoms with Crippen LogP contribution in [0.2, 0.25) is 0 Å². The van der Waals surface area contributed by atoms with Crippen molar-refractivity contribution in [1.29, 1.82) is 0 Å². The zero-order valence-electron chi connectivity index (χ0n) is 20.8. The molecule has 0 spiro atoms. The number of ether oxygens (including phenoxy) is 2. The molecule has 7 nitrogen and oxygen atoms in total. The normalized spacial score (nSPS) is 21.8. The predicted molar refractivity (Wildman–Crippen MR) is 114 cm³/mol. The van der Waals surface area contributed by atoms with Gasteiger partial charge >= 0.3 is 18.0 Å². The van der Waals surface area contributed by atoms with E-state index in [2.05, 4.69) is 15.2 Å². The minimum absolute atomic E-state index is 0.0162. The summed E-state index contributed by atoms with van der Waals surface area (Å²) >= 11 is 0. The van der Waals surface area contributed by atoms with E-state index in [4.69, 9.17) is 12.2 Å². The Hall–Kier alpha value is -3.23. The number of hydrogen-bond acceptors (Lipinski definition) is 5. The van der Waals surface area contributed by atoms with Gasteiger partial charge in [-0.2, -0.15) is 31.4 Å². The highest BCUT2D eigenvalue weighted by Crippen LogP contribution is 2.39. The van der Waals surface area contributed by atoms with Gasteiger partial charge < -0.3 is 9.47 Å². The molecule has 0 aliphatic carbocycles. The molecule has 3 aromatic rings. The summed E-state index contributed by atoms with van der Waals surface area (Å²) in [6, 6.07) is 4.57. The smallest absolute Gasteiger partial charge is 0.349 e. The Morgan fingerprint density at radius 2 is 1.81 bits per heavy atom. The van der Waals surface area contributed by atoms with Crippen LogP contribution in [0, 0.1) is 5.82 Å². The van der Waals surface area contributed by atoms with E-state index in [0.29, 0.717) is 17.7 Å². The first-order valence-corrected chi connectivity index (χ1v) is 10.7. The van der Waals surface area contributed by atoms with Crippen molar-refractivity contribution in [2.75, 3.05) is 13.2 Å². The first kappa shape index (κ1) is 24.1. The van der Waals surface area contributed by atoms with Crippen LogP contribution in [0.5, 0.6) is 0 Å². The predicted octanol–water partition coefficient (Wildman–Crippen LogP) is 4.95. The molecule has 2 aromatic carbocycles. The Morgan fingerprint density at radius 1 is 1.16 bits per heavy atom. The van der Waals surface area contributed by atoms with Gasteiger partial charge in [-0.25, -0.2) is 14.3 Å². The van der Waals surface area contributed by atoms with Crippen LogP contribution >= 0.6 is 0 Å². The average Bonchev–Trinajstić information content (AvgIpc) is 3.28. The fourth-order valence-electron chi connectivity index (χ4n) is 3.89. The average molecular weight is 538 g/mol. The number of benzene rings is 2. The van der Waals surface area contributed by atoms with Crippen LogP contribution < -0.4 is 5.69 Å². The van der Waals surface area contributed by atoms with Gasteiger partial charge in [0.15, 0.2) is 6.29 Å². The van der Waals surface area contributed by atoms with Gasteiger partial charge in [-0.05, 0) is 48.4 Å². The Labute approximate surface area is 208 Å². The molecule has 1 aliphatic rings. The highest BCUT2D eigenvalue weighted by Gasteiger charge is 2.39. The van der Waals surface area contributed by atoms with Gasteiger partial charge in [0, 0.05) is 7.92 Å². The highest BCUT2D eigenvalue weighted by atomic mass is 19.4. The molecule has 4 rings (SSSR count). The molecular weight excluding hydrogens is 515 g/mol. The molecule has 14 heteroatoms. The Balaban J connectivity index is 1.75. The van der Waals surface area contributed by atoms with Crippen molar-refractivity contribution in [3.8, 4) is 0 Å². The highest BCUT2D eigenvalue weighted by molar-refractivity contribution is 5.34. The first-order valence-electron chi connectivity index (χ1n) is 11.9. The Morgan fingerprint density at radius 3 is 2.35 bits per heavy atom. The molecule has 0 bridgehead atoms. The zero-order chi connectivity index (χ0) is 28.6. The largest absolute Gasteiger partial charge is 0.416 e. The van der Waals surface area contributed by atoms with Crippen molar-refractivity contribution < 1.29 is 42.9 Å². The number of rotatable bonds is 6. The lowest BCUT2D eigenvalue weighted by Crippen LogP contribution is -2.46. The summed E-state index contributed by atoms with van der Waals surface area (Å²) in [5.74, 6) is -0.390. The number of aromatic nitrogens is 3. The standard InChI is InChI=1S/C23H21F7N4O3/c1-12(14-8-15(22(25,26)27)10-16(9-14)23(28,29)30)37-20-19(13-2-4-17(24)5-3-13)34(6-7-36-20)11-18-31-21(35)33-32-18/h2-5,8-10,12,19-20H,6-7,11H2,1H3,(H2,31,32,33,35)/t12-,19+,20-/m1/s1/i1D,11+1,12D,18+1. The maximum absolute atomic E-state index is 13.6. The molecule has 1 saturated heterocycles. The van der Waals surface area contributed by atoms with E-state index in [0.717, 1.165) is 12.1 Å². The number of H-pyrrole nitrogens is 2. The maximum Gasteiger partial charge on any atom is 0.416 e. The minimum Gasteiger partial charge on any atom is -0.349 e. The third kappa shape index (κ3) is 6.37. The van der Waals surface area contributed by atoms with Crippen molar-refractivity contribution in [3.63, 3.8) is 0 Å². The summed E-state index contributed by atoms with van der Waals surface area (Å²) in [4.78, 5) is 15.6. The lowest BCUT2D eigenvalue weighted by molar-refractivity contribution is -0.231. The number of morpholine rings is 1. The van der Waals surface area contributed by atoms with Crippen molar-refractivity contribution >= 4 is 0 Å². The summed E-state index contributed by atoms with van der Waals surface area (Å²) in [5.41, 5.74) is -4.40. The number of nitrogens with one attached hydrogen (secondary N) is 2. The van der Waals surface area contributed by atoms with Gasteiger partial charge in [-0.3, -0.25) is 9.88 Å². The molecule has 200 valence electrons. The topological polar surface area (TPSA) is 83.2 Å². The molecular formula is C23H21F7N4O3. The van der Waals surface area contributed by atoms with E-state index in [1.54, 1.807) is 4.90 Å². The van der Waals surface area contributed by atoms with Crippen LogP contribution in [0.1, 0.15) is 49.8 Å². The van der Waals surface area contributed by atoms with Crippen molar-refractivity contribution in [2.45, 2.75) is 44.2 Å². The van der Waals surface area contributed by atoms with E-state index in [-0.39, 0.29) is 31.6 Å². The Bertz CT molecular complexity index is 1310. The van der Waals surface area contributed by atoms with E-state index >= 15 is 0 Å². The fourth-order valence-corrected chi connectivity index (χ4v) is 3.89. The van der Waals surface area contributed by atoms with Crippen LogP contribution in [-0.4, -0.2) is 39.5 Å².